The first-order valence-electron chi connectivity index (χ1n) is 10.6. The van der Waals surface area contributed by atoms with Crippen molar-refractivity contribution in [3.8, 4) is 0 Å². The summed E-state index contributed by atoms with van der Waals surface area (Å²) in [4.78, 5) is 25.9. The van der Waals surface area contributed by atoms with Gasteiger partial charge in [-0.05, 0) is 63.1 Å². The second-order valence-corrected chi connectivity index (χ2v) is 8.30. The molecule has 1 saturated carbocycles. The number of rotatable bonds is 6. The third kappa shape index (κ3) is 5.71. The first kappa shape index (κ1) is 20.6. The fourth-order valence-electron chi connectivity index (χ4n) is 4.39. The van der Waals surface area contributed by atoms with Crippen molar-refractivity contribution in [2.75, 3.05) is 6.54 Å². The number of hydrogen-bond donors (Lipinski definition) is 3. The zero-order chi connectivity index (χ0) is 19.9. The van der Waals surface area contributed by atoms with Crippen LogP contribution in [0.4, 0.5) is 4.79 Å². The number of hydrogen-bond acceptors (Lipinski definition) is 3. The van der Waals surface area contributed by atoms with Gasteiger partial charge >= 0.3 is 12.0 Å². The summed E-state index contributed by atoms with van der Waals surface area (Å²) in [5, 5.41) is 15.1. The molecular formula is C22H33N3O3. The maximum absolute atomic E-state index is 12.3. The lowest BCUT2D eigenvalue weighted by atomic mass is 9.86. The van der Waals surface area contributed by atoms with Gasteiger partial charge in [-0.2, -0.15) is 0 Å². The van der Waals surface area contributed by atoms with Crippen LogP contribution in [0.25, 0.3) is 0 Å². The molecule has 1 aromatic rings. The fraction of sp³-hybridized carbons (Fsp3) is 0.636. The lowest BCUT2D eigenvalue weighted by molar-refractivity contribution is -0.142. The first-order valence-corrected chi connectivity index (χ1v) is 10.6. The Balaban J connectivity index is 1.48. The summed E-state index contributed by atoms with van der Waals surface area (Å²) < 4.78 is 0. The predicted molar refractivity (Wildman–Crippen MR) is 109 cm³/mol. The summed E-state index contributed by atoms with van der Waals surface area (Å²) in [5.41, 5.74) is 2.43. The highest BCUT2D eigenvalue weighted by molar-refractivity contribution is 5.74. The van der Waals surface area contributed by atoms with Crippen LogP contribution in [-0.2, 0) is 17.9 Å². The van der Waals surface area contributed by atoms with Gasteiger partial charge in [-0.3, -0.25) is 9.69 Å². The molecule has 2 amide bonds. The number of nitrogens with one attached hydrogen (secondary N) is 2. The number of carbonyl (C=O) groups is 2. The number of carbonyl (C=O) groups excluding carboxylic acids is 1. The third-order valence-corrected chi connectivity index (χ3v) is 6.28. The third-order valence-electron chi connectivity index (χ3n) is 6.28. The molecule has 0 spiro atoms. The second-order valence-electron chi connectivity index (χ2n) is 8.30. The van der Waals surface area contributed by atoms with Gasteiger partial charge in [0, 0.05) is 25.2 Å². The average Bonchev–Trinajstić information content (AvgIpc) is 2.69. The second kappa shape index (κ2) is 9.92. The van der Waals surface area contributed by atoms with Gasteiger partial charge in [0.25, 0.3) is 0 Å². The largest absolute Gasteiger partial charge is 0.481 e. The van der Waals surface area contributed by atoms with Gasteiger partial charge < -0.3 is 15.7 Å². The van der Waals surface area contributed by atoms with E-state index in [9.17, 15) is 9.59 Å². The first-order chi connectivity index (χ1) is 13.5. The van der Waals surface area contributed by atoms with E-state index in [4.69, 9.17) is 5.11 Å². The molecule has 0 radical (unpaired) electrons. The van der Waals surface area contributed by atoms with Crippen LogP contribution in [0.3, 0.4) is 0 Å². The Morgan fingerprint density at radius 2 is 1.79 bits per heavy atom. The summed E-state index contributed by atoms with van der Waals surface area (Å²) in [5.74, 6) is -0.979. The fourth-order valence-corrected chi connectivity index (χ4v) is 4.39. The van der Waals surface area contributed by atoms with E-state index >= 15 is 0 Å². The molecule has 0 aromatic heterocycles. The van der Waals surface area contributed by atoms with Gasteiger partial charge in [-0.15, -0.1) is 0 Å². The van der Waals surface area contributed by atoms with E-state index in [2.05, 4.69) is 40.7 Å². The normalized spacial score (nSPS) is 25.8. The van der Waals surface area contributed by atoms with Crippen LogP contribution in [-0.4, -0.2) is 40.6 Å². The van der Waals surface area contributed by atoms with E-state index in [1.165, 1.54) is 24.8 Å². The zero-order valence-corrected chi connectivity index (χ0v) is 16.8. The number of carboxylic acids is 1. The number of aliphatic carboxylic acids is 1. The minimum atomic E-state index is -0.720. The molecule has 3 rings (SSSR count). The SMILES string of the molecule is CC1CCCCN1Cc1ccccc1CNC(=O)NC1CCC(C(=O)O)CC1. The molecule has 1 unspecified atom stereocenters. The van der Waals surface area contributed by atoms with Crippen molar-refractivity contribution in [1.29, 1.82) is 0 Å². The van der Waals surface area contributed by atoms with Gasteiger partial charge in [0.15, 0.2) is 0 Å². The number of carboxylic acid groups (broad SMARTS) is 1. The van der Waals surface area contributed by atoms with Crippen molar-refractivity contribution in [1.82, 2.24) is 15.5 Å². The number of urea groups is 1. The van der Waals surface area contributed by atoms with Crippen molar-refractivity contribution in [3.63, 3.8) is 0 Å². The monoisotopic (exact) mass is 387 g/mol. The van der Waals surface area contributed by atoms with E-state index in [0.29, 0.717) is 25.4 Å². The van der Waals surface area contributed by atoms with Crippen molar-refractivity contribution in [2.45, 2.75) is 77.0 Å². The number of piperidine rings is 1. The van der Waals surface area contributed by atoms with Gasteiger partial charge in [0.1, 0.15) is 0 Å². The van der Waals surface area contributed by atoms with E-state index in [-0.39, 0.29) is 18.0 Å². The Morgan fingerprint density at radius 3 is 2.46 bits per heavy atom. The predicted octanol–water partition coefficient (Wildman–Crippen LogP) is 3.50. The molecule has 6 heteroatoms. The minimum absolute atomic E-state index is 0.0695. The van der Waals surface area contributed by atoms with Crippen molar-refractivity contribution >= 4 is 12.0 Å². The van der Waals surface area contributed by atoms with Crippen LogP contribution >= 0.6 is 0 Å². The molecule has 28 heavy (non-hydrogen) atoms. The van der Waals surface area contributed by atoms with Crippen LogP contribution < -0.4 is 10.6 Å². The van der Waals surface area contributed by atoms with E-state index in [1.807, 2.05) is 6.07 Å². The quantitative estimate of drug-likeness (QED) is 0.698. The van der Waals surface area contributed by atoms with Crippen LogP contribution in [0.5, 0.6) is 0 Å². The molecule has 6 nitrogen and oxygen atoms in total. The minimum Gasteiger partial charge on any atom is -0.481 e. The molecule has 0 bridgehead atoms. The number of benzene rings is 1. The topological polar surface area (TPSA) is 81.7 Å². The van der Waals surface area contributed by atoms with Gasteiger partial charge in [0.2, 0.25) is 0 Å². The smallest absolute Gasteiger partial charge is 0.315 e. The molecule has 2 aliphatic rings. The van der Waals surface area contributed by atoms with Crippen LogP contribution in [0.15, 0.2) is 24.3 Å². The van der Waals surface area contributed by atoms with E-state index in [0.717, 1.165) is 31.5 Å². The molecule has 1 aliphatic heterocycles. The zero-order valence-electron chi connectivity index (χ0n) is 16.8. The number of amides is 2. The number of nitrogens with zero attached hydrogens (tertiary/aromatic N) is 1. The molecule has 154 valence electrons. The van der Waals surface area contributed by atoms with Crippen molar-refractivity contribution in [2.24, 2.45) is 5.92 Å². The Bertz CT molecular complexity index is 671. The molecule has 1 saturated heterocycles. The molecule has 1 heterocycles. The highest BCUT2D eigenvalue weighted by atomic mass is 16.4. The van der Waals surface area contributed by atoms with Crippen molar-refractivity contribution < 1.29 is 14.7 Å². The number of likely N-dealkylation sites (tertiary alicyclic amines) is 1. The summed E-state index contributed by atoms with van der Waals surface area (Å²) >= 11 is 0. The molecule has 1 atom stereocenters. The molecular weight excluding hydrogens is 354 g/mol. The van der Waals surface area contributed by atoms with Gasteiger partial charge in [0.05, 0.1) is 5.92 Å². The van der Waals surface area contributed by atoms with E-state index in [1.54, 1.807) is 0 Å². The summed E-state index contributed by atoms with van der Waals surface area (Å²) in [7, 11) is 0. The Labute approximate surface area is 167 Å². The van der Waals surface area contributed by atoms with Crippen LogP contribution in [0.2, 0.25) is 0 Å². The highest BCUT2D eigenvalue weighted by Crippen LogP contribution is 2.24. The van der Waals surface area contributed by atoms with E-state index < -0.39 is 5.97 Å². The molecule has 1 aliphatic carbocycles. The molecule has 3 N–H and O–H groups in total. The van der Waals surface area contributed by atoms with Crippen LogP contribution in [0.1, 0.15) is 63.0 Å². The molecule has 1 aromatic carbocycles. The Hall–Kier alpha value is -2.08. The summed E-state index contributed by atoms with van der Waals surface area (Å²) in [6.45, 7) is 4.88. The highest BCUT2D eigenvalue weighted by Gasteiger charge is 2.26. The summed E-state index contributed by atoms with van der Waals surface area (Å²) in [6.07, 6.45) is 6.57. The summed E-state index contributed by atoms with van der Waals surface area (Å²) in [6, 6.07) is 8.84. The lowest BCUT2D eigenvalue weighted by Gasteiger charge is -2.33. The standard InChI is InChI=1S/C22H33N3O3/c1-16-6-4-5-13-25(16)15-19-8-3-2-7-18(19)14-23-22(28)24-20-11-9-17(10-12-20)21(26)27/h2-3,7-8,16-17,20H,4-6,9-15H2,1H3,(H,26,27)(H2,23,24,28). The maximum atomic E-state index is 12.3. The Morgan fingerprint density at radius 1 is 1.07 bits per heavy atom. The Kier molecular flexibility index (Phi) is 7.31. The lowest BCUT2D eigenvalue weighted by Crippen LogP contribution is -2.44. The van der Waals surface area contributed by atoms with Crippen LogP contribution in [0, 0.1) is 5.92 Å². The average molecular weight is 388 g/mol. The molecule has 2 fully saturated rings. The van der Waals surface area contributed by atoms with Gasteiger partial charge in [-0.1, -0.05) is 30.7 Å². The van der Waals surface area contributed by atoms with Gasteiger partial charge in [-0.25, -0.2) is 4.79 Å². The maximum Gasteiger partial charge on any atom is 0.315 e. The van der Waals surface area contributed by atoms with Crippen molar-refractivity contribution in [3.05, 3.63) is 35.4 Å².